The number of nitriles is 1. The largest absolute Gasteiger partial charge is 0.355 e. The number of amides is 1. The maximum atomic E-state index is 10.7. The topological polar surface area (TPSA) is 93.6 Å². The average Bonchev–Trinajstić information content (AvgIpc) is 2.75. The van der Waals surface area contributed by atoms with Crippen molar-refractivity contribution in [1.82, 2.24) is 15.3 Å². The van der Waals surface area contributed by atoms with Crippen LogP contribution in [0.25, 0.3) is 11.0 Å². The first kappa shape index (κ1) is 11.9. The van der Waals surface area contributed by atoms with E-state index in [0.29, 0.717) is 24.6 Å². The van der Waals surface area contributed by atoms with E-state index in [0.717, 1.165) is 11.0 Å². The number of hydrogen-bond donors (Lipinski definition) is 3. The molecule has 6 heteroatoms. The van der Waals surface area contributed by atoms with Gasteiger partial charge in [0.2, 0.25) is 11.9 Å². The van der Waals surface area contributed by atoms with Crippen LogP contribution in [0, 0.1) is 11.3 Å². The fourth-order valence-electron chi connectivity index (χ4n) is 1.58. The Morgan fingerprint density at radius 1 is 1.50 bits per heavy atom. The fraction of sp³-hybridized carbons (Fsp3) is 0.250. The minimum Gasteiger partial charge on any atom is -0.355 e. The van der Waals surface area contributed by atoms with E-state index >= 15 is 0 Å². The Morgan fingerprint density at radius 2 is 2.33 bits per heavy atom. The van der Waals surface area contributed by atoms with Crippen molar-refractivity contribution in [3.63, 3.8) is 0 Å². The number of nitrogens with zero attached hydrogens (tertiary/aromatic N) is 2. The lowest BCUT2D eigenvalue weighted by molar-refractivity contribution is -0.118. The van der Waals surface area contributed by atoms with Gasteiger partial charge in [0.05, 0.1) is 22.7 Å². The van der Waals surface area contributed by atoms with Gasteiger partial charge in [-0.15, -0.1) is 0 Å². The molecule has 0 radical (unpaired) electrons. The Morgan fingerprint density at radius 3 is 3.06 bits per heavy atom. The van der Waals surface area contributed by atoms with E-state index in [4.69, 9.17) is 5.26 Å². The number of carbonyl (C=O) groups excluding carboxylic acids is 1. The summed E-state index contributed by atoms with van der Waals surface area (Å²) in [7, 11) is 0. The van der Waals surface area contributed by atoms with Gasteiger partial charge in [-0.1, -0.05) is 0 Å². The van der Waals surface area contributed by atoms with E-state index in [2.05, 4.69) is 26.7 Å². The first-order chi connectivity index (χ1) is 8.69. The molecule has 0 unspecified atom stereocenters. The predicted molar refractivity (Wildman–Crippen MR) is 68.0 cm³/mol. The molecule has 3 N–H and O–H groups in total. The normalized spacial score (nSPS) is 10.0. The summed E-state index contributed by atoms with van der Waals surface area (Å²) in [6.07, 6.45) is 0. The van der Waals surface area contributed by atoms with E-state index < -0.39 is 0 Å². The van der Waals surface area contributed by atoms with Crippen LogP contribution in [0.2, 0.25) is 0 Å². The Balaban J connectivity index is 2.02. The van der Waals surface area contributed by atoms with Crippen molar-refractivity contribution in [2.24, 2.45) is 0 Å². The van der Waals surface area contributed by atoms with Gasteiger partial charge in [0, 0.05) is 20.0 Å². The Kier molecular flexibility index (Phi) is 3.44. The standard InChI is InChI=1S/C12H13N5O/c1-8(18)14-4-5-15-12-16-10-3-2-9(7-13)6-11(10)17-12/h2-3,6H,4-5H2,1H3,(H,14,18)(H2,15,16,17). The van der Waals surface area contributed by atoms with Crippen LogP contribution in [-0.2, 0) is 4.79 Å². The van der Waals surface area contributed by atoms with Gasteiger partial charge < -0.3 is 15.6 Å². The van der Waals surface area contributed by atoms with Crippen LogP contribution in [0.3, 0.4) is 0 Å². The first-order valence-electron chi connectivity index (χ1n) is 5.57. The molecular formula is C12H13N5O. The van der Waals surface area contributed by atoms with Gasteiger partial charge in [0.1, 0.15) is 0 Å². The summed E-state index contributed by atoms with van der Waals surface area (Å²) < 4.78 is 0. The quantitative estimate of drug-likeness (QED) is 0.698. The second-order valence-corrected chi connectivity index (χ2v) is 3.84. The number of H-pyrrole nitrogens is 1. The Bertz CT molecular complexity index is 610. The molecule has 1 aromatic heterocycles. The van der Waals surface area contributed by atoms with E-state index in [1.54, 1.807) is 18.2 Å². The highest BCUT2D eigenvalue weighted by Crippen LogP contribution is 2.15. The maximum absolute atomic E-state index is 10.7. The van der Waals surface area contributed by atoms with Crippen LogP contribution in [0.5, 0.6) is 0 Å². The third kappa shape index (κ3) is 2.77. The van der Waals surface area contributed by atoms with Gasteiger partial charge in [-0.25, -0.2) is 4.98 Å². The zero-order valence-electron chi connectivity index (χ0n) is 9.95. The molecule has 0 aliphatic rings. The Hall–Kier alpha value is -2.55. The number of imidazole rings is 1. The molecule has 0 fully saturated rings. The van der Waals surface area contributed by atoms with Crippen LogP contribution in [0.15, 0.2) is 18.2 Å². The smallest absolute Gasteiger partial charge is 0.216 e. The summed E-state index contributed by atoms with van der Waals surface area (Å²) >= 11 is 0. The lowest BCUT2D eigenvalue weighted by Gasteiger charge is -2.02. The van der Waals surface area contributed by atoms with E-state index in [1.807, 2.05) is 0 Å². The van der Waals surface area contributed by atoms with Gasteiger partial charge in [0.15, 0.2) is 0 Å². The predicted octanol–water partition coefficient (Wildman–Crippen LogP) is 0.983. The molecule has 0 aliphatic heterocycles. The summed E-state index contributed by atoms with van der Waals surface area (Å²) in [6, 6.07) is 7.35. The molecular weight excluding hydrogens is 230 g/mol. The average molecular weight is 243 g/mol. The summed E-state index contributed by atoms with van der Waals surface area (Å²) in [6.45, 7) is 2.60. The number of benzene rings is 1. The first-order valence-corrected chi connectivity index (χ1v) is 5.57. The number of fused-ring (bicyclic) bond motifs is 1. The van der Waals surface area contributed by atoms with E-state index in [9.17, 15) is 4.79 Å². The van der Waals surface area contributed by atoms with Crippen LogP contribution in [0.1, 0.15) is 12.5 Å². The van der Waals surface area contributed by atoms with Crippen molar-refractivity contribution in [2.45, 2.75) is 6.92 Å². The van der Waals surface area contributed by atoms with Gasteiger partial charge in [0.25, 0.3) is 0 Å². The highest BCUT2D eigenvalue weighted by molar-refractivity contribution is 5.79. The molecule has 2 rings (SSSR count). The van der Waals surface area contributed by atoms with Crippen LogP contribution in [0.4, 0.5) is 5.95 Å². The van der Waals surface area contributed by atoms with Crippen molar-refractivity contribution in [3.8, 4) is 6.07 Å². The molecule has 1 aromatic carbocycles. The highest BCUT2D eigenvalue weighted by atomic mass is 16.1. The summed E-state index contributed by atoms with van der Waals surface area (Å²) in [5.41, 5.74) is 2.21. The van der Waals surface area contributed by atoms with Crippen molar-refractivity contribution in [3.05, 3.63) is 23.8 Å². The minimum atomic E-state index is -0.0555. The number of aromatic nitrogens is 2. The molecule has 0 bridgehead atoms. The molecule has 0 aliphatic carbocycles. The molecule has 0 spiro atoms. The number of nitrogens with one attached hydrogen (secondary N) is 3. The lowest BCUT2D eigenvalue weighted by atomic mass is 10.2. The van der Waals surface area contributed by atoms with Crippen LogP contribution >= 0.6 is 0 Å². The molecule has 1 amide bonds. The van der Waals surface area contributed by atoms with Crippen molar-refractivity contribution in [2.75, 3.05) is 18.4 Å². The number of hydrogen-bond acceptors (Lipinski definition) is 4. The number of anilines is 1. The van der Waals surface area contributed by atoms with Crippen molar-refractivity contribution >= 4 is 22.9 Å². The molecule has 6 nitrogen and oxygen atoms in total. The second kappa shape index (κ2) is 5.19. The summed E-state index contributed by atoms with van der Waals surface area (Å²) in [5, 5.41) is 14.5. The van der Waals surface area contributed by atoms with Gasteiger partial charge in [-0.2, -0.15) is 5.26 Å². The molecule has 92 valence electrons. The number of aromatic amines is 1. The Labute approximate surface area is 104 Å². The third-order valence-electron chi connectivity index (χ3n) is 2.40. The van der Waals surface area contributed by atoms with E-state index in [1.165, 1.54) is 6.92 Å². The highest BCUT2D eigenvalue weighted by Gasteiger charge is 2.02. The number of rotatable bonds is 4. The maximum Gasteiger partial charge on any atom is 0.216 e. The molecule has 0 saturated carbocycles. The zero-order valence-corrected chi connectivity index (χ0v) is 9.95. The summed E-state index contributed by atoms with van der Waals surface area (Å²) in [4.78, 5) is 18.1. The SMILES string of the molecule is CC(=O)NCCNc1nc2ccc(C#N)cc2[nH]1. The number of carbonyl (C=O) groups is 1. The van der Waals surface area contributed by atoms with Crippen LogP contribution < -0.4 is 10.6 Å². The van der Waals surface area contributed by atoms with Gasteiger partial charge in [-0.3, -0.25) is 4.79 Å². The molecule has 0 saturated heterocycles. The summed E-state index contributed by atoms with van der Waals surface area (Å²) in [5.74, 6) is 0.575. The second-order valence-electron chi connectivity index (χ2n) is 3.84. The minimum absolute atomic E-state index is 0.0555. The monoisotopic (exact) mass is 243 g/mol. The van der Waals surface area contributed by atoms with Gasteiger partial charge >= 0.3 is 0 Å². The molecule has 18 heavy (non-hydrogen) atoms. The zero-order chi connectivity index (χ0) is 13.0. The van der Waals surface area contributed by atoms with E-state index in [-0.39, 0.29) is 5.91 Å². The third-order valence-corrected chi connectivity index (χ3v) is 2.40. The fourth-order valence-corrected chi connectivity index (χ4v) is 1.58. The van der Waals surface area contributed by atoms with Gasteiger partial charge in [-0.05, 0) is 18.2 Å². The van der Waals surface area contributed by atoms with Crippen molar-refractivity contribution < 1.29 is 4.79 Å². The molecule has 0 atom stereocenters. The van der Waals surface area contributed by atoms with Crippen molar-refractivity contribution in [1.29, 1.82) is 5.26 Å². The molecule has 1 heterocycles. The van der Waals surface area contributed by atoms with Crippen LogP contribution in [-0.4, -0.2) is 29.0 Å². The lowest BCUT2D eigenvalue weighted by Crippen LogP contribution is -2.26. The molecule has 2 aromatic rings.